The zero-order valence-corrected chi connectivity index (χ0v) is 17.9. The summed E-state index contributed by atoms with van der Waals surface area (Å²) in [4.78, 5) is 30.2. The molecule has 0 aliphatic carbocycles. The van der Waals surface area contributed by atoms with Crippen molar-refractivity contribution in [3.8, 4) is 16.9 Å². The van der Waals surface area contributed by atoms with Gasteiger partial charge >= 0.3 is 0 Å². The second-order valence-corrected chi connectivity index (χ2v) is 8.07. The lowest BCUT2D eigenvalue weighted by atomic mass is 10.1. The number of carbonyl (C=O) groups is 1. The smallest absolute Gasteiger partial charge is 0.271 e. The molecule has 1 N–H and O–H groups in total. The van der Waals surface area contributed by atoms with Crippen LogP contribution >= 0.6 is 11.3 Å². The van der Waals surface area contributed by atoms with E-state index in [-0.39, 0.29) is 17.5 Å². The first-order valence-electron chi connectivity index (χ1n) is 10.1. The van der Waals surface area contributed by atoms with E-state index in [9.17, 15) is 9.59 Å². The summed E-state index contributed by atoms with van der Waals surface area (Å²) >= 11 is 1.65. The van der Waals surface area contributed by atoms with E-state index in [0.29, 0.717) is 16.9 Å². The second-order valence-electron chi connectivity index (χ2n) is 7.09. The van der Waals surface area contributed by atoms with E-state index in [1.54, 1.807) is 54.1 Å². The molecular weight excluding hydrogens is 408 g/mol. The number of amides is 1. The highest BCUT2D eigenvalue weighted by atomic mass is 32.1. The van der Waals surface area contributed by atoms with Crippen LogP contribution in [0.5, 0.6) is 0 Å². The Labute approximate surface area is 184 Å². The van der Waals surface area contributed by atoms with Crippen molar-refractivity contribution in [3.63, 3.8) is 0 Å². The van der Waals surface area contributed by atoms with E-state index < -0.39 is 0 Å². The van der Waals surface area contributed by atoms with Crippen LogP contribution in [0.1, 0.15) is 41.0 Å². The molecule has 0 aliphatic heterocycles. The Morgan fingerprint density at radius 2 is 1.94 bits per heavy atom. The van der Waals surface area contributed by atoms with Crippen LogP contribution < -0.4 is 10.9 Å². The molecular formula is C24H22N4O2S. The van der Waals surface area contributed by atoms with Gasteiger partial charge in [0.2, 0.25) is 0 Å². The van der Waals surface area contributed by atoms with Crippen molar-refractivity contribution in [2.45, 2.75) is 25.8 Å². The van der Waals surface area contributed by atoms with E-state index >= 15 is 0 Å². The SMILES string of the molecule is CCCC(NC(=O)c1ccc(-c2ccc(=O)n(-c3cccnc3)n2)cc1)c1cccs1. The highest BCUT2D eigenvalue weighted by Gasteiger charge is 2.16. The molecule has 0 radical (unpaired) electrons. The molecule has 1 aromatic carbocycles. The molecule has 0 bridgehead atoms. The van der Waals surface area contributed by atoms with Crippen molar-refractivity contribution in [1.29, 1.82) is 0 Å². The van der Waals surface area contributed by atoms with Crippen molar-refractivity contribution >= 4 is 17.2 Å². The van der Waals surface area contributed by atoms with Gasteiger partial charge in [-0.2, -0.15) is 9.78 Å². The van der Waals surface area contributed by atoms with E-state index in [4.69, 9.17) is 0 Å². The first kappa shape index (κ1) is 20.7. The maximum absolute atomic E-state index is 12.8. The minimum absolute atomic E-state index is 0.0156. The van der Waals surface area contributed by atoms with Gasteiger partial charge in [-0.1, -0.05) is 31.5 Å². The number of aromatic nitrogens is 3. The molecule has 3 heterocycles. The van der Waals surface area contributed by atoms with Gasteiger partial charge in [-0.25, -0.2) is 0 Å². The van der Waals surface area contributed by atoms with Gasteiger partial charge in [0.25, 0.3) is 11.5 Å². The van der Waals surface area contributed by atoms with E-state index in [2.05, 4.69) is 28.4 Å². The third-order valence-corrected chi connectivity index (χ3v) is 5.89. The quantitative estimate of drug-likeness (QED) is 0.464. The molecule has 0 aliphatic rings. The number of carbonyl (C=O) groups excluding carboxylic acids is 1. The fourth-order valence-electron chi connectivity index (χ4n) is 3.33. The van der Waals surface area contributed by atoms with Crippen LogP contribution in [-0.2, 0) is 0 Å². The predicted octanol–water partition coefficient (Wildman–Crippen LogP) is 4.63. The molecule has 0 fully saturated rings. The molecule has 4 aromatic rings. The number of benzene rings is 1. The summed E-state index contributed by atoms with van der Waals surface area (Å²) in [5.41, 5.74) is 2.40. The van der Waals surface area contributed by atoms with E-state index in [1.165, 1.54) is 10.7 Å². The number of hydrogen-bond donors (Lipinski definition) is 1. The second kappa shape index (κ2) is 9.49. The molecule has 31 heavy (non-hydrogen) atoms. The Kier molecular flexibility index (Phi) is 6.33. The zero-order valence-electron chi connectivity index (χ0n) is 17.1. The topological polar surface area (TPSA) is 76.9 Å². The third kappa shape index (κ3) is 4.78. The molecule has 0 saturated carbocycles. The molecule has 7 heteroatoms. The lowest BCUT2D eigenvalue weighted by Crippen LogP contribution is -2.27. The number of rotatable bonds is 7. The van der Waals surface area contributed by atoms with Crippen molar-refractivity contribution < 1.29 is 4.79 Å². The van der Waals surface area contributed by atoms with Crippen molar-refractivity contribution in [3.05, 3.63) is 99.2 Å². The zero-order chi connectivity index (χ0) is 21.6. The molecule has 4 rings (SSSR count). The van der Waals surface area contributed by atoms with Gasteiger partial charge in [-0.05, 0) is 48.2 Å². The van der Waals surface area contributed by atoms with E-state index in [0.717, 1.165) is 23.3 Å². The highest BCUT2D eigenvalue weighted by Crippen LogP contribution is 2.24. The Balaban J connectivity index is 1.54. The van der Waals surface area contributed by atoms with Crippen LogP contribution in [0, 0.1) is 0 Å². The van der Waals surface area contributed by atoms with Crippen molar-refractivity contribution in [2.75, 3.05) is 0 Å². The molecule has 0 spiro atoms. The lowest BCUT2D eigenvalue weighted by Gasteiger charge is -2.17. The van der Waals surface area contributed by atoms with Crippen molar-refractivity contribution in [2.24, 2.45) is 0 Å². The predicted molar refractivity (Wildman–Crippen MR) is 122 cm³/mol. The summed E-state index contributed by atoms with van der Waals surface area (Å²) < 4.78 is 1.32. The van der Waals surface area contributed by atoms with Gasteiger partial charge in [0.1, 0.15) is 0 Å². The van der Waals surface area contributed by atoms with Crippen LogP contribution in [-0.4, -0.2) is 20.7 Å². The summed E-state index contributed by atoms with van der Waals surface area (Å²) in [5.74, 6) is -0.105. The molecule has 1 amide bonds. The number of nitrogens with zero attached hydrogens (tertiary/aromatic N) is 3. The first-order chi connectivity index (χ1) is 15.2. The standard InChI is InChI=1S/C24H22N4O2S/c1-2-5-21(22-7-4-15-31-22)26-24(30)18-10-8-17(9-11-18)20-12-13-23(29)28(27-20)19-6-3-14-25-16-19/h3-4,6-16,21H,2,5H2,1H3,(H,26,30). The largest absolute Gasteiger partial charge is 0.344 e. The molecule has 0 saturated heterocycles. The average Bonchev–Trinajstić information content (AvgIpc) is 3.35. The minimum Gasteiger partial charge on any atom is -0.344 e. The Morgan fingerprint density at radius 1 is 1.10 bits per heavy atom. The van der Waals surface area contributed by atoms with Gasteiger partial charge in [0.15, 0.2) is 0 Å². The molecule has 1 unspecified atom stereocenters. The van der Waals surface area contributed by atoms with Crippen LogP contribution in [0.25, 0.3) is 16.9 Å². The minimum atomic E-state index is -0.233. The molecule has 1 atom stereocenters. The Bertz CT molecular complexity index is 1200. The maximum atomic E-state index is 12.8. The molecule has 156 valence electrons. The summed E-state index contributed by atoms with van der Waals surface area (Å²) in [6, 6.07) is 18.0. The number of thiophene rings is 1. The van der Waals surface area contributed by atoms with Gasteiger partial charge < -0.3 is 5.32 Å². The van der Waals surface area contributed by atoms with Crippen molar-refractivity contribution in [1.82, 2.24) is 20.1 Å². The van der Waals surface area contributed by atoms with Crippen LogP contribution in [0.3, 0.4) is 0 Å². The van der Waals surface area contributed by atoms with Crippen LogP contribution in [0.4, 0.5) is 0 Å². The average molecular weight is 431 g/mol. The monoisotopic (exact) mass is 430 g/mol. The first-order valence-corrected chi connectivity index (χ1v) is 11.0. The fourth-order valence-corrected chi connectivity index (χ4v) is 4.14. The summed E-state index contributed by atoms with van der Waals surface area (Å²) in [7, 11) is 0. The number of hydrogen-bond acceptors (Lipinski definition) is 5. The third-order valence-electron chi connectivity index (χ3n) is 4.90. The Morgan fingerprint density at radius 3 is 2.61 bits per heavy atom. The highest BCUT2D eigenvalue weighted by molar-refractivity contribution is 7.10. The maximum Gasteiger partial charge on any atom is 0.271 e. The summed E-state index contributed by atoms with van der Waals surface area (Å²) in [6.07, 6.45) is 5.11. The van der Waals surface area contributed by atoms with Gasteiger partial charge in [-0.3, -0.25) is 14.6 Å². The fraction of sp³-hybridized carbons (Fsp3) is 0.167. The summed E-state index contributed by atoms with van der Waals surface area (Å²) in [5, 5.41) is 9.62. The van der Waals surface area contributed by atoms with Crippen LogP contribution in [0.2, 0.25) is 0 Å². The van der Waals surface area contributed by atoms with Crippen LogP contribution in [0.15, 0.2) is 83.2 Å². The summed E-state index contributed by atoms with van der Waals surface area (Å²) in [6.45, 7) is 2.11. The molecule has 3 aromatic heterocycles. The van der Waals surface area contributed by atoms with Gasteiger partial charge in [0.05, 0.1) is 23.6 Å². The van der Waals surface area contributed by atoms with Gasteiger partial charge in [-0.15, -0.1) is 11.3 Å². The molecule has 6 nitrogen and oxygen atoms in total. The van der Waals surface area contributed by atoms with E-state index in [1.807, 2.05) is 23.6 Å². The number of pyridine rings is 1. The lowest BCUT2D eigenvalue weighted by molar-refractivity contribution is 0.0935. The number of nitrogens with one attached hydrogen (secondary N) is 1. The Hall–Kier alpha value is -3.58. The van der Waals surface area contributed by atoms with Gasteiger partial charge in [0, 0.05) is 28.3 Å². The normalized spacial score (nSPS) is 11.8.